The summed E-state index contributed by atoms with van der Waals surface area (Å²) in [5, 5.41) is 0. The van der Waals surface area contributed by atoms with Gasteiger partial charge in [0.25, 0.3) is 0 Å². The minimum absolute atomic E-state index is 0.0447. The van der Waals surface area contributed by atoms with Gasteiger partial charge in [0.15, 0.2) is 0 Å². The highest BCUT2D eigenvalue weighted by atomic mass is 16.5. The molecule has 0 unspecified atom stereocenters. The molecule has 4 rings (SSSR count). The number of benzene rings is 3. The van der Waals surface area contributed by atoms with Crippen LogP contribution in [0.1, 0.15) is 21.5 Å². The molecule has 0 atom stereocenters. The zero-order valence-corrected chi connectivity index (χ0v) is 19.4. The van der Waals surface area contributed by atoms with Gasteiger partial charge in [-0.25, -0.2) is 0 Å². The normalized spacial score (nSPS) is 13.0. The summed E-state index contributed by atoms with van der Waals surface area (Å²) in [6.07, 6.45) is 0. The Morgan fingerprint density at radius 2 is 1.56 bits per heavy atom. The van der Waals surface area contributed by atoms with E-state index >= 15 is 0 Å². The van der Waals surface area contributed by atoms with Crippen LogP contribution in [0.3, 0.4) is 0 Å². The molecule has 0 fully saturated rings. The van der Waals surface area contributed by atoms with Gasteiger partial charge in [0.2, 0.25) is 11.8 Å². The Labute approximate surface area is 197 Å². The van der Waals surface area contributed by atoms with Gasteiger partial charge in [-0.2, -0.15) is 0 Å². The van der Waals surface area contributed by atoms with Crippen LogP contribution in [0.15, 0.2) is 59.6 Å². The van der Waals surface area contributed by atoms with Crippen molar-refractivity contribution in [1.29, 1.82) is 0 Å². The van der Waals surface area contributed by atoms with Gasteiger partial charge in [-0.05, 0) is 30.3 Å². The van der Waals surface area contributed by atoms with Crippen molar-refractivity contribution in [1.82, 2.24) is 0 Å². The minimum atomic E-state index is -0.543. The van der Waals surface area contributed by atoms with Gasteiger partial charge in [0.05, 0.1) is 38.3 Å². The van der Waals surface area contributed by atoms with E-state index in [0.717, 1.165) is 0 Å². The van der Waals surface area contributed by atoms with Crippen LogP contribution in [-0.2, 0) is 4.79 Å². The standard InChI is InChI=1S/C26H25N3O5/c1-29-19-13-22(34-4)18(24-20(32-2)9-6-10-21(24)33-3)12-17(19)25(28-14-23(29)30)15-7-5-8-16(11-15)26(27)31/h5-13H,14H2,1-4H3,(H2,27,31). The van der Waals surface area contributed by atoms with E-state index in [1.165, 1.54) is 0 Å². The van der Waals surface area contributed by atoms with Crippen molar-refractivity contribution in [2.45, 2.75) is 0 Å². The Balaban J connectivity index is 2.04. The van der Waals surface area contributed by atoms with Crippen LogP contribution in [0, 0.1) is 0 Å². The molecule has 8 nitrogen and oxygen atoms in total. The number of carbonyl (C=O) groups is 2. The molecular formula is C26H25N3O5. The van der Waals surface area contributed by atoms with Crippen LogP contribution in [0.4, 0.5) is 5.69 Å². The number of anilines is 1. The highest BCUT2D eigenvalue weighted by molar-refractivity contribution is 6.20. The number of fused-ring (bicyclic) bond motifs is 1. The third-order valence-electron chi connectivity index (χ3n) is 5.80. The predicted octanol–water partition coefficient (Wildman–Crippen LogP) is 3.29. The summed E-state index contributed by atoms with van der Waals surface area (Å²) in [5.74, 6) is 1.02. The number of likely N-dealkylation sites (N-methyl/N-ethyl adjacent to an activating group) is 1. The number of benzodiazepines with no additional fused rings is 1. The van der Waals surface area contributed by atoms with Crippen molar-refractivity contribution >= 4 is 23.2 Å². The summed E-state index contributed by atoms with van der Waals surface area (Å²) < 4.78 is 17.0. The molecular weight excluding hydrogens is 434 g/mol. The van der Waals surface area contributed by atoms with Gasteiger partial charge in [0.1, 0.15) is 23.8 Å². The molecule has 0 aromatic heterocycles. The number of nitrogens with zero attached hydrogens (tertiary/aromatic N) is 2. The second kappa shape index (κ2) is 9.27. The fraction of sp³-hybridized carbons (Fsp3) is 0.192. The monoisotopic (exact) mass is 459 g/mol. The maximum atomic E-state index is 12.7. The molecule has 1 aliphatic heterocycles. The van der Waals surface area contributed by atoms with E-state index in [1.807, 2.05) is 30.3 Å². The van der Waals surface area contributed by atoms with E-state index in [4.69, 9.17) is 19.9 Å². The van der Waals surface area contributed by atoms with Crippen molar-refractivity contribution in [2.75, 3.05) is 39.8 Å². The number of primary amides is 1. The molecule has 3 aromatic rings. The van der Waals surface area contributed by atoms with Crippen molar-refractivity contribution in [3.63, 3.8) is 0 Å². The summed E-state index contributed by atoms with van der Waals surface area (Å²) in [5.41, 5.74) is 9.81. The van der Waals surface area contributed by atoms with Gasteiger partial charge in [0, 0.05) is 35.4 Å². The number of hydrogen-bond acceptors (Lipinski definition) is 6. The van der Waals surface area contributed by atoms with Gasteiger partial charge < -0.3 is 24.8 Å². The molecule has 0 bridgehead atoms. The summed E-state index contributed by atoms with van der Waals surface area (Å²) in [6, 6.07) is 16.1. The van der Waals surface area contributed by atoms with Crippen molar-refractivity contribution in [2.24, 2.45) is 10.7 Å². The summed E-state index contributed by atoms with van der Waals surface area (Å²) in [6.45, 7) is -0.0447. The summed E-state index contributed by atoms with van der Waals surface area (Å²) >= 11 is 0. The molecule has 34 heavy (non-hydrogen) atoms. The number of aliphatic imine (C=N–C) groups is 1. The molecule has 1 aliphatic rings. The lowest BCUT2D eigenvalue weighted by atomic mass is 9.93. The first-order valence-electron chi connectivity index (χ1n) is 10.5. The molecule has 0 saturated carbocycles. The summed E-state index contributed by atoms with van der Waals surface area (Å²) in [4.78, 5) is 30.7. The first-order valence-corrected chi connectivity index (χ1v) is 10.5. The Morgan fingerprint density at radius 1 is 0.912 bits per heavy atom. The smallest absolute Gasteiger partial charge is 0.248 e. The molecule has 8 heteroatoms. The lowest BCUT2D eigenvalue weighted by molar-refractivity contribution is -0.116. The third-order valence-corrected chi connectivity index (χ3v) is 5.80. The van der Waals surface area contributed by atoms with Crippen LogP contribution in [0.2, 0.25) is 0 Å². The zero-order chi connectivity index (χ0) is 24.4. The van der Waals surface area contributed by atoms with Crippen molar-refractivity contribution in [3.05, 3.63) is 71.3 Å². The Morgan fingerprint density at radius 3 is 2.18 bits per heavy atom. The summed E-state index contributed by atoms with van der Waals surface area (Å²) in [7, 11) is 6.44. The number of rotatable bonds is 6. The van der Waals surface area contributed by atoms with Gasteiger partial charge in [-0.1, -0.05) is 18.2 Å². The van der Waals surface area contributed by atoms with E-state index in [0.29, 0.717) is 56.5 Å². The second-order valence-electron chi connectivity index (χ2n) is 7.67. The van der Waals surface area contributed by atoms with Crippen LogP contribution in [-0.4, -0.2) is 52.4 Å². The number of methoxy groups -OCH3 is 3. The van der Waals surface area contributed by atoms with E-state index < -0.39 is 5.91 Å². The van der Waals surface area contributed by atoms with Crippen LogP contribution >= 0.6 is 0 Å². The second-order valence-corrected chi connectivity index (χ2v) is 7.67. The third kappa shape index (κ3) is 3.94. The van der Waals surface area contributed by atoms with Crippen LogP contribution < -0.4 is 24.8 Å². The average molecular weight is 460 g/mol. The minimum Gasteiger partial charge on any atom is -0.496 e. The lowest BCUT2D eigenvalue weighted by Crippen LogP contribution is -2.27. The molecule has 174 valence electrons. The molecule has 0 radical (unpaired) electrons. The van der Waals surface area contributed by atoms with E-state index in [-0.39, 0.29) is 12.5 Å². The molecule has 0 saturated heterocycles. The SMILES string of the molecule is COc1cc2c(cc1-c1c(OC)cccc1OC)C(c1cccc(C(N)=O)c1)=NCC(=O)N2C. The largest absolute Gasteiger partial charge is 0.496 e. The number of ether oxygens (including phenoxy) is 3. The molecule has 1 heterocycles. The molecule has 0 spiro atoms. The molecule has 3 aromatic carbocycles. The van der Waals surface area contributed by atoms with E-state index in [1.54, 1.807) is 57.5 Å². The van der Waals surface area contributed by atoms with E-state index in [2.05, 4.69) is 4.99 Å². The van der Waals surface area contributed by atoms with Gasteiger partial charge >= 0.3 is 0 Å². The Hall–Kier alpha value is -4.33. The number of carbonyl (C=O) groups excluding carboxylic acids is 2. The van der Waals surface area contributed by atoms with Crippen molar-refractivity contribution in [3.8, 4) is 28.4 Å². The number of nitrogens with two attached hydrogens (primary N) is 1. The Bertz CT molecular complexity index is 1290. The quantitative estimate of drug-likeness (QED) is 0.609. The fourth-order valence-corrected chi connectivity index (χ4v) is 4.06. The maximum absolute atomic E-state index is 12.7. The molecule has 0 aliphatic carbocycles. The fourth-order valence-electron chi connectivity index (χ4n) is 4.06. The van der Waals surface area contributed by atoms with Crippen molar-refractivity contribution < 1.29 is 23.8 Å². The maximum Gasteiger partial charge on any atom is 0.248 e. The van der Waals surface area contributed by atoms with Crippen LogP contribution in [0.5, 0.6) is 17.2 Å². The number of hydrogen-bond donors (Lipinski definition) is 1. The first-order chi connectivity index (χ1) is 16.4. The zero-order valence-electron chi connectivity index (χ0n) is 19.4. The van der Waals surface area contributed by atoms with Crippen LogP contribution in [0.25, 0.3) is 11.1 Å². The van der Waals surface area contributed by atoms with Gasteiger partial charge in [-0.15, -0.1) is 0 Å². The predicted molar refractivity (Wildman–Crippen MR) is 130 cm³/mol. The van der Waals surface area contributed by atoms with Gasteiger partial charge in [-0.3, -0.25) is 14.6 Å². The first kappa shape index (κ1) is 22.8. The Kier molecular flexibility index (Phi) is 6.23. The lowest BCUT2D eigenvalue weighted by Gasteiger charge is -2.22. The average Bonchev–Trinajstić information content (AvgIpc) is 2.98. The molecule has 2 N–H and O–H groups in total. The highest BCUT2D eigenvalue weighted by Gasteiger charge is 2.27. The number of amides is 2. The van der Waals surface area contributed by atoms with E-state index in [9.17, 15) is 9.59 Å². The molecule has 2 amide bonds. The highest BCUT2D eigenvalue weighted by Crippen LogP contribution is 2.45. The topological polar surface area (TPSA) is 103 Å².